The van der Waals surface area contributed by atoms with E-state index in [2.05, 4.69) is 5.32 Å². The third kappa shape index (κ3) is 1.33. The topological polar surface area (TPSA) is 55.1 Å². The summed E-state index contributed by atoms with van der Waals surface area (Å²) in [7, 11) is 0. The van der Waals surface area contributed by atoms with Crippen molar-refractivity contribution in [2.45, 2.75) is 44.2 Å². The zero-order chi connectivity index (χ0) is 8.55. The second-order valence-corrected chi connectivity index (χ2v) is 4.00. The molecule has 2 rings (SSSR count). The van der Waals surface area contributed by atoms with E-state index in [-0.39, 0.29) is 11.9 Å². The number of rotatable bonds is 0. The fraction of sp³-hybridized carbons (Fsp3) is 0.889. The van der Waals surface area contributed by atoms with Gasteiger partial charge in [-0.15, -0.1) is 0 Å². The molecule has 0 aromatic carbocycles. The highest BCUT2D eigenvalue weighted by molar-refractivity contribution is 5.82. The zero-order valence-electron chi connectivity index (χ0n) is 7.25. The van der Waals surface area contributed by atoms with Crippen LogP contribution in [-0.4, -0.2) is 18.0 Å². The molecule has 3 unspecified atom stereocenters. The molecule has 0 aromatic heterocycles. The van der Waals surface area contributed by atoms with Crippen molar-refractivity contribution < 1.29 is 4.79 Å². The van der Waals surface area contributed by atoms with Gasteiger partial charge in [0.05, 0.1) is 6.04 Å². The van der Waals surface area contributed by atoms with E-state index in [9.17, 15) is 4.79 Å². The summed E-state index contributed by atoms with van der Waals surface area (Å²) in [6.07, 6.45) is 5.87. The monoisotopic (exact) mass is 168 g/mol. The lowest BCUT2D eigenvalue weighted by Gasteiger charge is -2.38. The van der Waals surface area contributed by atoms with Crippen LogP contribution in [0.4, 0.5) is 0 Å². The smallest absolute Gasteiger partial charge is 0.237 e. The number of amides is 1. The molecule has 1 aliphatic carbocycles. The minimum atomic E-state index is -0.246. The molecule has 3 nitrogen and oxygen atoms in total. The standard InChI is InChI=1S/C9H16N2O/c10-7-5-6-3-1-2-4-8(6)11-9(7)12/h6-8H,1-5,10H2,(H,11,12). The molecular formula is C9H16N2O. The minimum Gasteiger partial charge on any atom is -0.352 e. The summed E-state index contributed by atoms with van der Waals surface area (Å²) in [5.41, 5.74) is 5.67. The molecule has 68 valence electrons. The average Bonchev–Trinajstić information content (AvgIpc) is 2.07. The second-order valence-electron chi connectivity index (χ2n) is 4.00. The maximum Gasteiger partial charge on any atom is 0.237 e. The Morgan fingerprint density at radius 2 is 2.08 bits per heavy atom. The van der Waals surface area contributed by atoms with Crippen LogP contribution < -0.4 is 11.1 Å². The highest BCUT2D eigenvalue weighted by Gasteiger charge is 2.34. The number of piperidine rings is 1. The van der Waals surface area contributed by atoms with E-state index in [0.717, 1.165) is 12.8 Å². The van der Waals surface area contributed by atoms with Crippen molar-refractivity contribution in [2.75, 3.05) is 0 Å². The van der Waals surface area contributed by atoms with Crippen LogP contribution in [0.3, 0.4) is 0 Å². The quantitative estimate of drug-likeness (QED) is 0.550. The van der Waals surface area contributed by atoms with Crippen LogP contribution in [0.5, 0.6) is 0 Å². The fourth-order valence-corrected chi connectivity index (χ4v) is 2.40. The largest absolute Gasteiger partial charge is 0.352 e. The lowest BCUT2D eigenvalue weighted by atomic mass is 9.78. The zero-order valence-corrected chi connectivity index (χ0v) is 7.25. The van der Waals surface area contributed by atoms with Gasteiger partial charge in [-0.1, -0.05) is 12.8 Å². The van der Waals surface area contributed by atoms with Crippen LogP contribution in [0.1, 0.15) is 32.1 Å². The molecule has 2 aliphatic rings. The van der Waals surface area contributed by atoms with E-state index < -0.39 is 0 Å². The van der Waals surface area contributed by atoms with Crippen molar-refractivity contribution in [1.82, 2.24) is 5.32 Å². The number of carbonyl (C=O) groups is 1. The predicted molar refractivity (Wildman–Crippen MR) is 46.5 cm³/mol. The third-order valence-electron chi connectivity index (χ3n) is 3.13. The Hall–Kier alpha value is -0.570. The van der Waals surface area contributed by atoms with Crippen molar-refractivity contribution in [1.29, 1.82) is 0 Å². The van der Waals surface area contributed by atoms with Gasteiger partial charge in [-0.2, -0.15) is 0 Å². The Labute approximate surface area is 72.7 Å². The van der Waals surface area contributed by atoms with E-state index in [4.69, 9.17) is 5.73 Å². The molecule has 0 aromatic rings. The molecular weight excluding hydrogens is 152 g/mol. The Balaban J connectivity index is 2.02. The van der Waals surface area contributed by atoms with Gasteiger partial charge < -0.3 is 11.1 Å². The van der Waals surface area contributed by atoms with Gasteiger partial charge in [0.1, 0.15) is 0 Å². The number of carbonyl (C=O) groups excluding carboxylic acids is 1. The average molecular weight is 168 g/mol. The molecule has 1 heterocycles. The van der Waals surface area contributed by atoms with Crippen LogP contribution in [0.25, 0.3) is 0 Å². The fourth-order valence-electron chi connectivity index (χ4n) is 2.40. The molecule has 1 saturated heterocycles. The van der Waals surface area contributed by atoms with Crippen LogP contribution in [0, 0.1) is 5.92 Å². The molecule has 1 aliphatic heterocycles. The Kier molecular flexibility index (Phi) is 2.05. The summed E-state index contributed by atoms with van der Waals surface area (Å²) < 4.78 is 0. The minimum absolute atomic E-state index is 0.0538. The first-order chi connectivity index (χ1) is 5.77. The Morgan fingerprint density at radius 3 is 2.92 bits per heavy atom. The molecule has 0 radical (unpaired) electrons. The summed E-state index contributed by atoms with van der Waals surface area (Å²) in [6, 6.07) is 0.190. The van der Waals surface area contributed by atoms with Crippen LogP contribution >= 0.6 is 0 Å². The first kappa shape index (κ1) is 8.05. The maximum atomic E-state index is 11.2. The molecule has 3 atom stereocenters. The highest BCUT2D eigenvalue weighted by Crippen LogP contribution is 2.30. The van der Waals surface area contributed by atoms with Crippen LogP contribution in [-0.2, 0) is 4.79 Å². The van der Waals surface area contributed by atoms with Gasteiger partial charge in [-0.05, 0) is 25.2 Å². The number of fused-ring (bicyclic) bond motifs is 1. The number of nitrogens with two attached hydrogens (primary N) is 1. The number of nitrogens with one attached hydrogen (secondary N) is 1. The van der Waals surface area contributed by atoms with Gasteiger partial charge in [-0.25, -0.2) is 0 Å². The van der Waals surface area contributed by atoms with Gasteiger partial charge in [-0.3, -0.25) is 4.79 Å². The van der Waals surface area contributed by atoms with Crippen LogP contribution in [0.15, 0.2) is 0 Å². The molecule has 1 amide bonds. The second kappa shape index (κ2) is 3.05. The lowest BCUT2D eigenvalue weighted by molar-refractivity contribution is -0.126. The van der Waals surface area contributed by atoms with Gasteiger partial charge in [0.15, 0.2) is 0 Å². The highest BCUT2D eigenvalue weighted by atomic mass is 16.2. The number of hydrogen-bond donors (Lipinski definition) is 2. The first-order valence-corrected chi connectivity index (χ1v) is 4.83. The molecule has 1 saturated carbocycles. The van der Waals surface area contributed by atoms with E-state index in [1.165, 1.54) is 19.3 Å². The van der Waals surface area contributed by atoms with E-state index in [1.54, 1.807) is 0 Å². The maximum absolute atomic E-state index is 11.2. The van der Waals surface area contributed by atoms with Crippen LogP contribution in [0.2, 0.25) is 0 Å². The summed E-state index contributed by atoms with van der Waals surface area (Å²) in [5.74, 6) is 0.713. The number of hydrogen-bond acceptors (Lipinski definition) is 2. The Morgan fingerprint density at radius 1 is 1.33 bits per heavy atom. The molecule has 12 heavy (non-hydrogen) atoms. The van der Waals surface area contributed by atoms with E-state index in [1.807, 2.05) is 0 Å². The van der Waals surface area contributed by atoms with Crippen molar-refractivity contribution in [3.63, 3.8) is 0 Å². The first-order valence-electron chi connectivity index (χ1n) is 4.83. The Bertz CT molecular complexity index is 193. The summed E-state index contributed by atoms with van der Waals surface area (Å²) >= 11 is 0. The SMILES string of the molecule is NC1CC2CCCCC2NC1=O. The molecule has 3 N–H and O–H groups in total. The van der Waals surface area contributed by atoms with Gasteiger partial charge >= 0.3 is 0 Å². The molecule has 2 fully saturated rings. The van der Waals surface area contributed by atoms with E-state index in [0.29, 0.717) is 12.0 Å². The van der Waals surface area contributed by atoms with E-state index >= 15 is 0 Å². The predicted octanol–water partition coefficient (Wildman–Crippen LogP) is 0.392. The summed E-state index contributed by atoms with van der Waals surface area (Å²) in [4.78, 5) is 11.2. The normalized spacial score (nSPS) is 41.8. The third-order valence-corrected chi connectivity index (χ3v) is 3.13. The molecule has 3 heteroatoms. The van der Waals surface area contributed by atoms with Crippen molar-refractivity contribution in [3.8, 4) is 0 Å². The van der Waals surface area contributed by atoms with Crippen molar-refractivity contribution >= 4 is 5.91 Å². The van der Waals surface area contributed by atoms with Crippen molar-refractivity contribution in [2.24, 2.45) is 11.7 Å². The lowest BCUT2D eigenvalue weighted by Crippen LogP contribution is -2.55. The van der Waals surface area contributed by atoms with Gasteiger partial charge in [0.25, 0.3) is 0 Å². The van der Waals surface area contributed by atoms with Gasteiger partial charge in [0, 0.05) is 6.04 Å². The molecule has 0 spiro atoms. The summed E-state index contributed by atoms with van der Waals surface area (Å²) in [6.45, 7) is 0. The summed E-state index contributed by atoms with van der Waals surface area (Å²) in [5, 5.41) is 3.00. The molecule has 0 bridgehead atoms. The van der Waals surface area contributed by atoms with Gasteiger partial charge in [0.2, 0.25) is 5.91 Å². The van der Waals surface area contributed by atoms with Crippen molar-refractivity contribution in [3.05, 3.63) is 0 Å².